The maximum atomic E-state index is 12.1. The van der Waals surface area contributed by atoms with E-state index in [1.807, 2.05) is 0 Å². The number of rotatable bonds is 4. The van der Waals surface area contributed by atoms with Crippen molar-refractivity contribution < 1.29 is 14.3 Å². The number of esters is 1. The lowest BCUT2D eigenvalue weighted by atomic mass is 9.97. The largest absolute Gasteiger partial charge is 0.425 e. The highest BCUT2D eigenvalue weighted by Gasteiger charge is 2.24. The Kier molecular flexibility index (Phi) is 6.56. The third kappa shape index (κ3) is 5.68. The molecule has 1 amide bonds. The lowest BCUT2D eigenvalue weighted by molar-refractivity contribution is -0.143. The Morgan fingerprint density at radius 3 is 2.42 bits per heavy atom. The Balaban J connectivity index is 2.13. The van der Waals surface area contributed by atoms with Crippen LogP contribution in [0.5, 0.6) is 5.75 Å². The Bertz CT molecular complexity index is 843. The molecule has 0 aromatic heterocycles. The number of amides is 1. The van der Waals surface area contributed by atoms with E-state index in [0.717, 1.165) is 4.47 Å². The van der Waals surface area contributed by atoms with Gasteiger partial charge in [-0.05, 0) is 63.2 Å². The van der Waals surface area contributed by atoms with Gasteiger partial charge in [0.25, 0.3) is 5.91 Å². The molecule has 0 unspecified atom stereocenters. The molecule has 0 aliphatic heterocycles. The number of hydrogen-bond acceptors (Lipinski definition) is 4. The third-order valence-electron chi connectivity index (χ3n) is 3.26. The molecule has 0 heterocycles. The van der Waals surface area contributed by atoms with E-state index in [2.05, 4.69) is 26.5 Å². The van der Waals surface area contributed by atoms with Crippen LogP contribution in [-0.2, 0) is 4.79 Å². The van der Waals surface area contributed by atoms with Crippen LogP contribution in [0.25, 0.3) is 0 Å². The van der Waals surface area contributed by atoms with E-state index in [0.29, 0.717) is 21.9 Å². The maximum absolute atomic E-state index is 12.1. The van der Waals surface area contributed by atoms with Crippen LogP contribution in [0.2, 0.25) is 5.02 Å². The molecule has 0 saturated heterocycles. The first-order valence-electron chi connectivity index (χ1n) is 7.77. The first kappa shape index (κ1) is 20.1. The molecule has 5 nitrogen and oxygen atoms in total. The predicted octanol–water partition coefficient (Wildman–Crippen LogP) is 4.82. The van der Waals surface area contributed by atoms with Gasteiger partial charge in [0, 0.05) is 20.6 Å². The molecule has 136 valence electrons. The first-order valence-corrected chi connectivity index (χ1v) is 8.95. The van der Waals surface area contributed by atoms with Crippen LogP contribution in [0.1, 0.15) is 36.7 Å². The summed E-state index contributed by atoms with van der Waals surface area (Å²) in [5.74, 6) is -0.376. The van der Waals surface area contributed by atoms with Gasteiger partial charge in [0.05, 0.1) is 11.6 Å². The molecule has 0 spiro atoms. The minimum atomic E-state index is -0.635. The van der Waals surface area contributed by atoms with E-state index in [9.17, 15) is 9.59 Å². The van der Waals surface area contributed by atoms with Crippen LogP contribution in [0.3, 0.4) is 0 Å². The zero-order valence-corrected chi connectivity index (χ0v) is 16.9. The van der Waals surface area contributed by atoms with Gasteiger partial charge in [-0.25, -0.2) is 5.43 Å². The molecular weight excluding hydrogens is 420 g/mol. The summed E-state index contributed by atoms with van der Waals surface area (Å²) >= 11 is 9.16. The Morgan fingerprint density at radius 2 is 1.81 bits per heavy atom. The minimum absolute atomic E-state index is 0.359. The van der Waals surface area contributed by atoms with Crippen molar-refractivity contribution in [1.82, 2.24) is 5.43 Å². The van der Waals surface area contributed by atoms with Gasteiger partial charge < -0.3 is 4.74 Å². The Labute approximate surface area is 165 Å². The summed E-state index contributed by atoms with van der Waals surface area (Å²) in [5, 5.41) is 4.49. The lowest BCUT2D eigenvalue weighted by Gasteiger charge is -2.17. The van der Waals surface area contributed by atoms with Crippen molar-refractivity contribution in [3.63, 3.8) is 0 Å². The van der Waals surface area contributed by atoms with Crippen molar-refractivity contribution in [2.24, 2.45) is 10.5 Å². The zero-order chi connectivity index (χ0) is 19.3. The minimum Gasteiger partial charge on any atom is -0.425 e. The molecule has 0 radical (unpaired) electrons. The van der Waals surface area contributed by atoms with Crippen LogP contribution in [0.4, 0.5) is 0 Å². The standard InChI is InChI=1S/C19H18BrClN2O3/c1-19(2,3)18(25)26-16-9-6-14(20)10-13(16)11-22-23-17(24)12-4-7-15(21)8-5-12/h4-11H,1-3H3,(H,23,24). The van der Waals surface area contributed by atoms with E-state index >= 15 is 0 Å². The summed E-state index contributed by atoms with van der Waals surface area (Å²) in [5.41, 5.74) is 2.77. The molecule has 2 aromatic rings. The summed E-state index contributed by atoms with van der Waals surface area (Å²) in [7, 11) is 0. The Morgan fingerprint density at radius 1 is 1.15 bits per heavy atom. The number of ether oxygens (including phenoxy) is 1. The van der Waals surface area contributed by atoms with E-state index < -0.39 is 5.41 Å². The molecule has 0 aliphatic rings. The molecule has 0 bridgehead atoms. The molecule has 2 rings (SSSR count). The summed E-state index contributed by atoms with van der Waals surface area (Å²) in [6.07, 6.45) is 1.42. The fourth-order valence-electron chi connectivity index (χ4n) is 1.79. The van der Waals surface area contributed by atoms with Crippen LogP contribution >= 0.6 is 27.5 Å². The average molecular weight is 438 g/mol. The van der Waals surface area contributed by atoms with Gasteiger partial charge in [0.2, 0.25) is 0 Å². The van der Waals surface area contributed by atoms with Gasteiger partial charge in [0.1, 0.15) is 5.75 Å². The molecule has 26 heavy (non-hydrogen) atoms. The molecule has 0 aliphatic carbocycles. The molecule has 1 N–H and O–H groups in total. The van der Waals surface area contributed by atoms with E-state index in [4.69, 9.17) is 16.3 Å². The quantitative estimate of drug-likeness (QED) is 0.323. The van der Waals surface area contributed by atoms with Gasteiger partial charge in [-0.15, -0.1) is 0 Å². The number of carbonyl (C=O) groups excluding carboxylic acids is 2. The van der Waals surface area contributed by atoms with Gasteiger partial charge in [-0.1, -0.05) is 27.5 Å². The number of hydrazone groups is 1. The van der Waals surface area contributed by atoms with Crippen molar-refractivity contribution in [3.8, 4) is 5.75 Å². The maximum Gasteiger partial charge on any atom is 0.316 e. The third-order valence-corrected chi connectivity index (χ3v) is 4.01. The van der Waals surface area contributed by atoms with Crippen LogP contribution < -0.4 is 10.2 Å². The SMILES string of the molecule is CC(C)(C)C(=O)Oc1ccc(Br)cc1C=NNC(=O)c1ccc(Cl)cc1. The number of halogens is 2. The van der Waals surface area contributed by atoms with Crippen molar-refractivity contribution in [1.29, 1.82) is 0 Å². The highest BCUT2D eigenvalue weighted by atomic mass is 79.9. The number of hydrogen-bond donors (Lipinski definition) is 1. The molecule has 2 aromatic carbocycles. The number of benzene rings is 2. The number of nitrogens with zero attached hydrogens (tertiary/aromatic N) is 1. The van der Waals surface area contributed by atoms with Gasteiger partial charge in [0.15, 0.2) is 0 Å². The fraction of sp³-hybridized carbons (Fsp3) is 0.211. The molecule has 7 heteroatoms. The zero-order valence-electron chi connectivity index (χ0n) is 14.5. The van der Waals surface area contributed by atoms with Crippen LogP contribution in [0.15, 0.2) is 52.0 Å². The summed E-state index contributed by atoms with van der Waals surface area (Å²) in [4.78, 5) is 24.2. The predicted molar refractivity (Wildman–Crippen MR) is 106 cm³/mol. The normalized spacial score (nSPS) is 11.4. The number of nitrogens with one attached hydrogen (secondary N) is 1. The molecule has 0 fully saturated rings. The van der Waals surface area contributed by atoms with E-state index in [1.165, 1.54) is 6.21 Å². The van der Waals surface area contributed by atoms with Gasteiger partial charge in [-0.3, -0.25) is 9.59 Å². The topological polar surface area (TPSA) is 67.8 Å². The average Bonchev–Trinajstić information content (AvgIpc) is 2.56. The fourth-order valence-corrected chi connectivity index (χ4v) is 2.30. The van der Waals surface area contributed by atoms with Gasteiger partial charge >= 0.3 is 5.97 Å². The summed E-state index contributed by atoms with van der Waals surface area (Å²) < 4.78 is 6.23. The molecular formula is C19H18BrClN2O3. The van der Waals surface area contributed by atoms with Crippen LogP contribution in [-0.4, -0.2) is 18.1 Å². The van der Waals surface area contributed by atoms with E-state index in [-0.39, 0.29) is 11.9 Å². The summed E-state index contributed by atoms with van der Waals surface area (Å²) in [6, 6.07) is 11.6. The lowest BCUT2D eigenvalue weighted by Crippen LogP contribution is -2.26. The second kappa shape index (κ2) is 8.47. The summed E-state index contributed by atoms with van der Waals surface area (Å²) in [6.45, 7) is 5.32. The second-order valence-corrected chi connectivity index (χ2v) is 7.88. The van der Waals surface area contributed by atoms with Gasteiger partial charge in [-0.2, -0.15) is 5.10 Å². The van der Waals surface area contributed by atoms with Crippen molar-refractivity contribution in [3.05, 3.63) is 63.1 Å². The Hall–Kier alpha value is -2.18. The van der Waals surface area contributed by atoms with E-state index in [1.54, 1.807) is 63.2 Å². The molecule has 0 atom stereocenters. The van der Waals surface area contributed by atoms with Crippen LogP contribution in [0, 0.1) is 5.41 Å². The highest BCUT2D eigenvalue weighted by Crippen LogP contribution is 2.25. The van der Waals surface area contributed by atoms with Crippen molar-refractivity contribution >= 4 is 45.6 Å². The number of carbonyl (C=O) groups is 2. The second-order valence-electron chi connectivity index (χ2n) is 6.53. The monoisotopic (exact) mass is 436 g/mol. The van der Waals surface area contributed by atoms with Crippen molar-refractivity contribution in [2.75, 3.05) is 0 Å². The first-order chi connectivity index (χ1) is 12.2. The smallest absolute Gasteiger partial charge is 0.316 e. The van der Waals surface area contributed by atoms with Crippen molar-refractivity contribution in [2.45, 2.75) is 20.8 Å². The molecule has 0 saturated carbocycles. The highest BCUT2D eigenvalue weighted by molar-refractivity contribution is 9.10.